The second kappa shape index (κ2) is 6.02. The van der Waals surface area contributed by atoms with Crippen LogP contribution in [0.2, 0.25) is 0 Å². The summed E-state index contributed by atoms with van der Waals surface area (Å²) >= 11 is 3.29. The van der Waals surface area contributed by atoms with Crippen LogP contribution in [0.3, 0.4) is 0 Å². The molecule has 22 heavy (non-hydrogen) atoms. The number of amides is 1. The van der Waals surface area contributed by atoms with Crippen LogP contribution in [0.1, 0.15) is 23.2 Å². The molecule has 1 aliphatic heterocycles. The van der Waals surface area contributed by atoms with Crippen molar-refractivity contribution < 1.29 is 4.79 Å². The third kappa shape index (κ3) is 2.91. The van der Waals surface area contributed by atoms with E-state index in [0.717, 1.165) is 33.6 Å². The van der Waals surface area contributed by atoms with Crippen LogP contribution in [0.4, 0.5) is 0 Å². The quantitative estimate of drug-likeness (QED) is 0.904. The molecule has 1 aromatic carbocycles. The van der Waals surface area contributed by atoms with E-state index in [-0.39, 0.29) is 11.9 Å². The Morgan fingerprint density at radius 2 is 2.18 bits per heavy atom. The van der Waals surface area contributed by atoms with Gasteiger partial charge in [0.05, 0.1) is 15.9 Å². The lowest BCUT2D eigenvalue weighted by Gasteiger charge is -2.24. The van der Waals surface area contributed by atoms with Gasteiger partial charge in [0.1, 0.15) is 0 Å². The molecule has 4 nitrogen and oxygen atoms in total. The summed E-state index contributed by atoms with van der Waals surface area (Å²) in [4.78, 5) is 17.5. The Morgan fingerprint density at radius 3 is 2.82 bits per heavy atom. The normalized spacial score (nSPS) is 26.3. The lowest BCUT2D eigenvalue weighted by atomic mass is 10.1. The van der Waals surface area contributed by atoms with Crippen molar-refractivity contribution in [3.63, 3.8) is 0 Å². The number of carbonyl (C=O) groups is 1. The van der Waals surface area contributed by atoms with Crippen molar-refractivity contribution in [2.24, 2.45) is 5.92 Å². The highest BCUT2D eigenvalue weighted by atomic mass is 32.2. The number of fused-ring (bicyclic) bond motifs is 2. The van der Waals surface area contributed by atoms with Gasteiger partial charge < -0.3 is 10.6 Å². The third-order valence-corrected chi connectivity index (χ3v) is 6.31. The molecule has 1 saturated heterocycles. The number of benzene rings is 1. The van der Waals surface area contributed by atoms with Crippen molar-refractivity contribution in [2.75, 3.05) is 6.54 Å². The van der Waals surface area contributed by atoms with Crippen LogP contribution in [-0.4, -0.2) is 29.5 Å². The van der Waals surface area contributed by atoms with E-state index in [1.54, 1.807) is 23.1 Å². The molecule has 4 rings (SSSR count). The van der Waals surface area contributed by atoms with Crippen molar-refractivity contribution in [2.45, 2.75) is 34.0 Å². The summed E-state index contributed by atoms with van der Waals surface area (Å²) in [7, 11) is 0. The molecular weight excluding hydrogens is 314 g/mol. The predicted octanol–water partition coefficient (Wildman–Crippen LogP) is 2.77. The van der Waals surface area contributed by atoms with Crippen molar-refractivity contribution in [3.05, 3.63) is 41.5 Å². The molecule has 2 heterocycles. The largest absolute Gasteiger partial charge is 0.348 e. The number of hydrogen-bond donors (Lipinski definition) is 2. The average Bonchev–Trinajstić information content (AvgIpc) is 3.25. The van der Waals surface area contributed by atoms with E-state index in [4.69, 9.17) is 0 Å². The van der Waals surface area contributed by atoms with Gasteiger partial charge in [-0.05, 0) is 49.6 Å². The molecule has 2 bridgehead atoms. The van der Waals surface area contributed by atoms with Gasteiger partial charge in [0.15, 0.2) is 0 Å². The molecule has 1 aromatic heterocycles. The zero-order chi connectivity index (χ0) is 14.9. The fraction of sp³-hybridized carbons (Fsp3) is 0.375. The monoisotopic (exact) mass is 331 g/mol. The van der Waals surface area contributed by atoms with E-state index in [1.807, 2.05) is 36.0 Å². The van der Waals surface area contributed by atoms with Crippen LogP contribution < -0.4 is 10.6 Å². The van der Waals surface area contributed by atoms with Crippen molar-refractivity contribution in [1.29, 1.82) is 0 Å². The molecular formula is C16H17N3OS2. The summed E-state index contributed by atoms with van der Waals surface area (Å²) in [5, 5.41) is 6.65. The first kappa shape index (κ1) is 14.2. The number of nitrogens with one attached hydrogen (secondary N) is 2. The number of hydrogen-bond acceptors (Lipinski definition) is 5. The molecule has 1 aliphatic carbocycles. The lowest BCUT2D eigenvalue weighted by molar-refractivity contribution is 0.0928. The molecule has 1 amide bonds. The maximum absolute atomic E-state index is 12.4. The standard InChI is InChI=1S/C16H17N3OS2/c20-16(19-14-6-10-5-13(14)18-7-10)11-1-3-12(4-2-11)22-15-8-17-9-21-15/h1-4,8-10,13-14,18H,5-7H2,(H,19,20). The Kier molecular flexibility index (Phi) is 3.90. The molecule has 0 radical (unpaired) electrons. The minimum absolute atomic E-state index is 0.0358. The van der Waals surface area contributed by atoms with Gasteiger partial charge in [-0.3, -0.25) is 9.78 Å². The molecule has 3 unspecified atom stereocenters. The van der Waals surface area contributed by atoms with E-state index in [2.05, 4.69) is 15.6 Å². The van der Waals surface area contributed by atoms with Crippen LogP contribution in [0.25, 0.3) is 0 Å². The van der Waals surface area contributed by atoms with Crippen LogP contribution >= 0.6 is 23.1 Å². The summed E-state index contributed by atoms with van der Waals surface area (Å²) in [6.07, 6.45) is 4.18. The van der Waals surface area contributed by atoms with Gasteiger partial charge in [0.25, 0.3) is 5.91 Å². The number of carbonyl (C=O) groups excluding carboxylic acids is 1. The molecule has 6 heteroatoms. The summed E-state index contributed by atoms with van der Waals surface area (Å²) < 4.78 is 1.16. The van der Waals surface area contributed by atoms with Gasteiger partial charge in [-0.2, -0.15) is 0 Å². The van der Waals surface area contributed by atoms with Crippen LogP contribution in [0, 0.1) is 5.92 Å². The smallest absolute Gasteiger partial charge is 0.251 e. The van der Waals surface area contributed by atoms with Gasteiger partial charge >= 0.3 is 0 Å². The predicted molar refractivity (Wildman–Crippen MR) is 88.4 cm³/mol. The highest BCUT2D eigenvalue weighted by molar-refractivity contribution is 8.01. The first-order valence-corrected chi connectivity index (χ1v) is 9.18. The zero-order valence-electron chi connectivity index (χ0n) is 12.0. The fourth-order valence-corrected chi connectivity index (χ4v) is 4.89. The molecule has 2 fully saturated rings. The number of thiazole rings is 1. The number of piperidine rings is 1. The second-order valence-corrected chi connectivity index (χ2v) is 8.14. The Balaban J connectivity index is 1.38. The summed E-state index contributed by atoms with van der Waals surface area (Å²) in [5.41, 5.74) is 2.56. The van der Waals surface area contributed by atoms with Crippen LogP contribution in [-0.2, 0) is 0 Å². The molecule has 3 atom stereocenters. The van der Waals surface area contributed by atoms with E-state index in [9.17, 15) is 4.79 Å². The topological polar surface area (TPSA) is 54.0 Å². The molecule has 114 valence electrons. The van der Waals surface area contributed by atoms with E-state index >= 15 is 0 Å². The Labute approximate surface area is 137 Å². The third-order valence-electron chi connectivity index (χ3n) is 4.39. The number of rotatable bonds is 4. The highest BCUT2D eigenvalue weighted by Gasteiger charge is 2.39. The lowest BCUT2D eigenvalue weighted by Crippen LogP contribution is -2.47. The van der Waals surface area contributed by atoms with E-state index in [0.29, 0.717) is 6.04 Å². The first-order chi connectivity index (χ1) is 10.8. The fourth-order valence-electron chi connectivity index (χ4n) is 3.31. The molecule has 2 N–H and O–H groups in total. The van der Waals surface area contributed by atoms with Crippen LogP contribution in [0.5, 0.6) is 0 Å². The minimum atomic E-state index is 0.0358. The Bertz CT molecular complexity index is 657. The molecule has 1 saturated carbocycles. The maximum atomic E-state index is 12.4. The maximum Gasteiger partial charge on any atom is 0.251 e. The molecule has 2 aliphatic rings. The number of aromatic nitrogens is 1. The summed E-state index contributed by atoms with van der Waals surface area (Å²) in [5.74, 6) is 0.780. The van der Waals surface area contributed by atoms with Crippen molar-refractivity contribution in [1.82, 2.24) is 15.6 Å². The SMILES string of the molecule is O=C(NC1CC2CNC1C2)c1ccc(Sc2cncs2)cc1. The summed E-state index contributed by atoms with van der Waals surface area (Å²) in [6, 6.07) is 8.56. The number of nitrogens with zero attached hydrogens (tertiary/aromatic N) is 1. The van der Waals surface area contributed by atoms with Crippen molar-refractivity contribution >= 4 is 29.0 Å². The highest BCUT2D eigenvalue weighted by Crippen LogP contribution is 2.32. The van der Waals surface area contributed by atoms with E-state index in [1.165, 1.54) is 6.42 Å². The van der Waals surface area contributed by atoms with Gasteiger partial charge in [-0.25, -0.2) is 0 Å². The van der Waals surface area contributed by atoms with Gasteiger partial charge in [-0.1, -0.05) is 11.8 Å². The average molecular weight is 331 g/mol. The van der Waals surface area contributed by atoms with Crippen molar-refractivity contribution in [3.8, 4) is 0 Å². The van der Waals surface area contributed by atoms with Gasteiger partial charge in [-0.15, -0.1) is 11.3 Å². The Hall–Kier alpha value is -1.37. The first-order valence-electron chi connectivity index (χ1n) is 7.48. The molecule has 2 aromatic rings. The van der Waals surface area contributed by atoms with Crippen LogP contribution in [0.15, 0.2) is 45.1 Å². The van der Waals surface area contributed by atoms with Gasteiger partial charge in [0, 0.05) is 22.5 Å². The van der Waals surface area contributed by atoms with E-state index < -0.39 is 0 Å². The zero-order valence-corrected chi connectivity index (χ0v) is 13.6. The minimum Gasteiger partial charge on any atom is -0.348 e. The molecule has 0 spiro atoms. The van der Waals surface area contributed by atoms with Gasteiger partial charge in [0.2, 0.25) is 0 Å². The second-order valence-electron chi connectivity index (χ2n) is 5.88. The summed E-state index contributed by atoms with van der Waals surface area (Å²) in [6.45, 7) is 1.11. The Morgan fingerprint density at radius 1 is 1.32 bits per heavy atom.